The first-order chi connectivity index (χ1) is 7.13. The number of benzene rings is 1. The predicted molar refractivity (Wildman–Crippen MR) is 62.6 cm³/mol. The molecule has 1 N–H and O–H groups in total. The van der Waals surface area contributed by atoms with Gasteiger partial charge in [0.1, 0.15) is 5.82 Å². The van der Waals surface area contributed by atoms with Crippen LogP contribution in [0.25, 0.3) is 0 Å². The first kappa shape index (κ1) is 12.2. The van der Waals surface area contributed by atoms with Crippen LogP contribution in [0.15, 0.2) is 24.3 Å². The van der Waals surface area contributed by atoms with E-state index in [2.05, 4.69) is 26.1 Å². The van der Waals surface area contributed by atoms with E-state index in [9.17, 15) is 4.39 Å². The van der Waals surface area contributed by atoms with Crippen molar-refractivity contribution in [1.82, 2.24) is 5.32 Å². The molecule has 0 spiro atoms. The molecule has 2 unspecified atom stereocenters. The molecule has 1 aromatic carbocycles. The molecule has 84 valence electrons. The Bertz CT molecular complexity index is 298. The van der Waals surface area contributed by atoms with Gasteiger partial charge in [-0.3, -0.25) is 0 Å². The van der Waals surface area contributed by atoms with Gasteiger partial charge in [0.15, 0.2) is 0 Å². The molecule has 2 heteroatoms. The van der Waals surface area contributed by atoms with Crippen molar-refractivity contribution in [2.24, 2.45) is 0 Å². The lowest BCUT2D eigenvalue weighted by Crippen LogP contribution is -2.26. The second-order valence-electron chi connectivity index (χ2n) is 4.15. The smallest absolute Gasteiger partial charge is 0.123 e. The average Bonchev–Trinajstić information content (AvgIpc) is 2.18. The zero-order valence-electron chi connectivity index (χ0n) is 9.76. The summed E-state index contributed by atoms with van der Waals surface area (Å²) in [6.07, 6.45) is 1.04. The van der Waals surface area contributed by atoms with E-state index in [1.165, 1.54) is 6.07 Å². The van der Waals surface area contributed by atoms with Crippen molar-refractivity contribution in [1.29, 1.82) is 0 Å². The van der Waals surface area contributed by atoms with Crippen LogP contribution in [-0.2, 0) is 0 Å². The minimum atomic E-state index is -0.143. The monoisotopic (exact) mass is 209 g/mol. The summed E-state index contributed by atoms with van der Waals surface area (Å²) in [6, 6.07) is 7.37. The maximum atomic E-state index is 13.0. The molecule has 0 bridgehead atoms. The Morgan fingerprint density at radius 1 is 1.33 bits per heavy atom. The van der Waals surface area contributed by atoms with Gasteiger partial charge in [-0.15, -0.1) is 0 Å². The third-order valence-electron chi connectivity index (χ3n) is 2.68. The van der Waals surface area contributed by atoms with E-state index < -0.39 is 0 Å². The van der Waals surface area contributed by atoms with E-state index in [4.69, 9.17) is 0 Å². The lowest BCUT2D eigenvalue weighted by atomic mass is 9.94. The second kappa shape index (κ2) is 5.86. The van der Waals surface area contributed by atoms with E-state index in [0.717, 1.165) is 18.5 Å². The molecule has 0 saturated heterocycles. The lowest BCUT2D eigenvalue weighted by Gasteiger charge is -2.18. The number of rotatable bonds is 5. The Hall–Kier alpha value is -0.890. The highest BCUT2D eigenvalue weighted by atomic mass is 19.1. The Morgan fingerprint density at radius 3 is 2.67 bits per heavy atom. The van der Waals surface area contributed by atoms with Crippen molar-refractivity contribution >= 4 is 0 Å². The highest BCUT2D eigenvalue weighted by Gasteiger charge is 2.10. The van der Waals surface area contributed by atoms with E-state index in [0.29, 0.717) is 12.0 Å². The Labute approximate surface area is 91.7 Å². The summed E-state index contributed by atoms with van der Waals surface area (Å²) < 4.78 is 13.0. The molecule has 0 saturated carbocycles. The SMILES string of the molecule is CCNC(C)CC(C)c1cccc(F)c1. The number of halogens is 1. The van der Waals surface area contributed by atoms with Crippen LogP contribution in [0.4, 0.5) is 4.39 Å². The van der Waals surface area contributed by atoms with Crippen molar-refractivity contribution < 1.29 is 4.39 Å². The summed E-state index contributed by atoms with van der Waals surface area (Å²) in [4.78, 5) is 0. The largest absolute Gasteiger partial charge is 0.315 e. The summed E-state index contributed by atoms with van der Waals surface area (Å²) in [5.74, 6) is 0.255. The molecule has 0 aromatic heterocycles. The first-order valence-electron chi connectivity index (χ1n) is 5.62. The normalized spacial score (nSPS) is 14.9. The Morgan fingerprint density at radius 2 is 2.07 bits per heavy atom. The summed E-state index contributed by atoms with van der Waals surface area (Å²) in [7, 11) is 0. The average molecular weight is 209 g/mol. The van der Waals surface area contributed by atoms with Gasteiger partial charge in [0.25, 0.3) is 0 Å². The Kier molecular flexibility index (Phi) is 4.76. The maximum Gasteiger partial charge on any atom is 0.123 e. The zero-order valence-corrected chi connectivity index (χ0v) is 9.76. The molecule has 1 nitrogen and oxygen atoms in total. The fraction of sp³-hybridized carbons (Fsp3) is 0.538. The van der Waals surface area contributed by atoms with Crippen LogP contribution in [-0.4, -0.2) is 12.6 Å². The minimum Gasteiger partial charge on any atom is -0.315 e. The Balaban J connectivity index is 2.56. The van der Waals surface area contributed by atoms with Gasteiger partial charge in [0.2, 0.25) is 0 Å². The predicted octanol–water partition coefficient (Wildman–Crippen LogP) is 3.32. The molecule has 0 fully saturated rings. The maximum absolute atomic E-state index is 13.0. The molecule has 0 aliphatic carbocycles. The van der Waals surface area contributed by atoms with E-state index in [1.807, 2.05) is 6.07 Å². The second-order valence-corrected chi connectivity index (χ2v) is 4.15. The van der Waals surface area contributed by atoms with Gasteiger partial charge < -0.3 is 5.32 Å². The van der Waals surface area contributed by atoms with Crippen LogP contribution in [0.1, 0.15) is 38.7 Å². The van der Waals surface area contributed by atoms with Gasteiger partial charge >= 0.3 is 0 Å². The van der Waals surface area contributed by atoms with Gasteiger partial charge in [0.05, 0.1) is 0 Å². The van der Waals surface area contributed by atoms with Gasteiger partial charge in [-0.05, 0) is 43.5 Å². The highest BCUT2D eigenvalue weighted by Crippen LogP contribution is 2.21. The molecular formula is C13H20FN. The van der Waals surface area contributed by atoms with Crippen LogP contribution in [0.2, 0.25) is 0 Å². The third kappa shape index (κ3) is 4.00. The van der Waals surface area contributed by atoms with Crippen molar-refractivity contribution in [2.45, 2.75) is 39.2 Å². The quantitative estimate of drug-likeness (QED) is 0.784. The van der Waals surface area contributed by atoms with Crippen molar-refractivity contribution in [3.8, 4) is 0 Å². The molecule has 0 aliphatic rings. The third-order valence-corrected chi connectivity index (χ3v) is 2.68. The summed E-state index contributed by atoms with van der Waals surface area (Å²) in [5, 5.41) is 3.37. The summed E-state index contributed by atoms with van der Waals surface area (Å²) >= 11 is 0. The minimum absolute atomic E-state index is 0.143. The first-order valence-corrected chi connectivity index (χ1v) is 5.62. The summed E-state index contributed by atoms with van der Waals surface area (Å²) in [5.41, 5.74) is 1.08. The van der Waals surface area contributed by atoms with Crippen molar-refractivity contribution in [3.63, 3.8) is 0 Å². The van der Waals surface area contributed by atoms with Crippen molar-refractivity contribution in [3.05, 3.63) is 35.6 Å². The molecule has 0 amide bonds. The van der Waals surface area contributed by atoms with Crippen LogP contribution in [0.5, 0.6) is 0 Å². The van der Waals surface area contributed by atoms with Crippen LogP contribution < -0.4 is 5.32 Å². The van der Waals surface area contributed by atoms with Crippen LogP contribution in [0.3, 0.4) is 0 Å². The van der Waals surface area contributed by atoms with Crippen molar-refractivity contribution in [2.75, 3.05) is 6.54 Å². The molecular weight excluding hydrogens is 189 g/mol. The number of hydrogen-bond donors (Lipinski definition) is 1. The topological polar surface area (TPSA) is 12.0 Å². The van der Waals surface area contributed by atoms with Gasteiger partial charge in [-0.2, -0.15) is 0 Å². The molecule has 1 aromatic rings. The molecule has 15 heavy (non-hydrogen) atoms. The number of nitrogens with one attached hydrogen (secondary N) is 1. The molecule has 2 atom stereocenters. The highest BCUT2D eigenvalue weighted by molar-refractivity contribution is 5.20. The molecule has 1 rings (SSSR count). The van der Waals surface area contributed by atoms with E-state index in [-0.39, 0.29) is 5.82 Å². The van der Waals surface area contributed by atoms with Gasteiger partial charge in [0, 0.05) is 6.04 Å². The summed E-state index contributed by atoms with van der Waals surface area (Å²) in [6.45, 7) is 7.39. The van der Waals surface area contributed by atoms with E-state index in [1.54, 1.807) is 12.1 Å². The van der Waals surface area contributed by atoms with E-state index >= 15 is 0 Å². The lowest BCUT2D eigenvalue weighted by molar-refractivity contribution is 0.489. The number of hydrogen-bond acceptors (Lipinski definition) is 1. The van der Waals surface area contributed by atoms with Gasteiger partial charge in [-0.1, -0.05) is 26.0 Å². The zero-order chi connectivity index (χ0) is 11.3. The molecule has 0 heterocycles. The van der Waals surface area contributed by atoms with Crippen LogP contribution in [0, 0.1) is 5.82 Å². The fourth-order valence-corrected chi connectivity index (χ4v) is 1.91. The van der Waals surface area contributed by atoms with Crippen LogP contribution >= 0.6 is 0 Å². The fourth-order valence-electron chi connectivity index (χ4n) is 1.91. The molecule has 0 radical (unpaired) electrons. The van der Waals surface area contributed by atoms with Gasteiger partial charge in [-0.25, -0.2) is 4.39 Å². The molecule has 0 aliphatic heterocycles. The standard InChI is InChI=1S/C13H20FN/c1-4-15-11(3)8-10(2)12-6-5-7-13(14)9-12/h5-7,9-11,15H,4,8H2,1-3H3.